The van der Waals surface area contributed by atoms with Gasteiger partial charge in [0.1, 0.15) is 36.6 Å². The van der Waals surface area contributed by atoms with Crippen LogP contribution in [0, 0.1) is 0 Å². The Balaban J connectivity index is 1.85. The SMILES string of the molecule is Cn1cnc(COc2cc(O)c(-c3cncc(Cl)c3)c3ncnc(N)c23)n1. The van der Waals surface area contributed by atoms with E-state index in [0.29, 0.717) is 38.6 Å². The summed E-state index contributed by atoms with van der Waals surface area (Å²) in [4.78, 5) is 16.5. The van der Waals surface area contributed by atoms with Crippen LogP contribution in [-0.2, 0) is 13.7 Å². The molecule has 0 radical (unpaired) electrons. The molecule has 0 bridgehead atoms. The molecule has 9 nitrogen and oxygen atoms in total. The molecule has 1 aromatic carbocycles. The lowest BCUT2D eigenvalue weighted by Gasteiger charge is -2.14. The zero-order chi connectivity index (χ0) is 19.0. The van der Waals surface area contributed by atoms with Gasteiger partial charge in [0, 0.05) is 31.1 Å². The zero-order valence-corrected chi connectivity index (χ0v) is 14.9. The van der Waals surface area contributed by atoms with Crippen LogP contribution in [0.25, 0.3) is 22.0 Å². The van der Waals surface area contributed by atoms with Crippen molar-refractivity contribution < 1.29 is 9.84 Å². The number of aryl methyl sites for hydroxylation is 1. The molecule has 0 saturated carbocycles. The first-order valence-corrected chi connectivity index (χ1v) is 8.25. The highest BCUT2D eigenvalue weighted by atomic mass is 35.5. The largest absolute Gasteiger partial charge is 0.507 e. The third-order valence-electron chi connectivity index (χ3n) is 3.88. The number of anilines is 1. The summed E-state index contributed by atoms with van der Waals surface area (Å²) >= 11 is 6.04. The van der Waals surface area contributed by atoms with E-state index in [1.54, 1.807) is 30.3 Å². The van der Waals surface area contributed by atoms with Crippen LogP contribution < -0.4 is 10.5 Å². The summed E-state index contributed by atoms with van der Waals surface area (Å²) in [5.74, 6) is 0.990. The molecule has 4 rings (SSSR count). The van der Waals surface area contributed by atoms with Crippen LogP contribution in [0.3, 0.4) is 0 Å². The molecular weight excluding hydrogens is 370 g/mol. The number of phenols is 1. The van der Waals surface area contributed by atoms with Crippen LogP contribution in [-0.4, -0.2) is 34.8 Å². The number of benzene rings is 1. The van der Waals surface area contributed by atoms with Crippen molar-refractivity contribution in [3.05, 3.63) is 48.0 Å². The summed E-state index contributed by atoms with van der Waals surface area (Å²) in [5, 5.41) is 15.7. The highest BCUT2D eigenvalue weighted by Gasteiger charge is 2.19. The molecular formula is C17H14ClN7O2. The van der Waals surface area contributed by atoms with E-state index < -0.39 is 0 Å². The Bertz CT molecular complexity index is 1150. The second-order valence-corrected chi connectivity index (χ2v) is 6.20. The van der Waals surface area contributed by atoms with Gasteiger partial charge in [-0.1, -0.05) is 11.6 Å². The Kier molecular flexibility index (Phi) is 4.21. The Morgan fingerprint density at radius 2 is 2.07 bits per heavy atom. The molecule has 0 amide bonds. The molecule has 3 N–H and O–H groups in total. The van der Waals surface area contributed by atoms with E-state index in [0.717, 1.165) is 0 Å². The average molecular weight is 384 g/mol. The van der Waals surface area contributed by atoms with Gasteiger partial charge in [-0.15, -0.1) is 0 Å². The fraction of sp³-hybridized carbons (Fsp3) is 0.118. The number of aromatic hydroxyl groups is 1. The maximum Gasteiger partial charge on any atom is 0.188 e. The second kappa shape index (κ2) is 6.69. The summed E-state index contributed by atoms with van der Waals surface area (Å²) < 4.78 is 7.37. The van der Waals surface area contributed by atoms with E-state index in [4.69, 9.17) is 22.1 Å². The van der Waals surface area contributed by atoms with Crippen LogP contribution in [0.15, 0.2) is 37.2 Å². The topological polar surface area (TPSA) is 125 Å². The van der Waals surface area contributed by atoms with E-state index in [2.05, 4.69) is 25.0 Å². The van der Waals surface area contributed by atoms with Crippen molar-refractivity contribution in [1.29, 1.82) is 0 Å². The molecule has 4 aromatic rings. The second-order valence-electron chi connectivity index (χ2n) is 5.77. The van der Waals surface area contributed by atoms with Gasteiger partial charge in [-0.2, -0.15) is 5.10 Å². The number of hydrogen-bond acceptors (Lipinski definition) is 8. The van der Waals surface area contributed by atoms with E-state index >= 15 is 0 Å². The normalized spacial score (nSPS) is 11.0. The minimum absolute atomic E-state index is 0.0475. The molecule has 0 fully saturated rings. The number of halogens is 1. The number of aromatic nitrogens is 6. The molecule has 3 aromatic heterocycles. The van der Waals surface area contributed by atoms with Gasteiger partial charge in [0.2, 0.25) is 0 Å². The quantitative estimate of drug-likeness (QED) is 0.550. The van der Waals surface area contributed by atoms with Crippen molar-refractivity contribution in [2.24, 2.45) is 7.05 Å². The minimum Gasteiger partial charge on any atom is -0.507 e. The third-order valence-corrected chi connectivity index (χ3v) is 4.09. The molecule has 0 spiro atoms. The molecule has 0 aliphatic rings. The van der Waals surface area contributed by atoms with Gasteiger partial charge >= 0.3 is 0 Å². The summed E-state index contributed by atoms with van der Waals surface area (Å²) in [6.45, 7) is 0.0990. The number of nitrogens with zero attached hydrogens (tertiary/aromatic N) is 6. The predicted molar refractivity (Wildman–Crippen MR) is 99.2 cm³/mol. The number of pyridine rings is 1. The molecule has 0 aliphatic heterocycles. The summed E-state index contributed by atoms with van der Waals surface area (Å²) in [7, 11) is 1.76. The van der Waals surface area contributed by atoms with Gasteiger partial charge in [-0.05, 0) is 6.07 Å². The lowest BCUT2D eigenvalue weighted by Crippen LogP contribution is -2.02. The van der Waals surface area contributed by atoms with Crippen LogP contribution in [0.2, 0.25) is 5.02 Å². The Hall–Kier alpha value is -3.46. The Morgan fingerprint density at radius 3 is 2.81 bits per heavy atom. The van der Waals surface area contributed by atoms with Crippen LogP contribution in [0.5, 0.6) is 11.5 Å². The summed E-state index contributed by atoms with van der Waals surface area (Å²) in [5.41, 5.74) is 7.53. The number of nitrogens with two attached hydrogens (primary N) is 1. The van der Waals surface area contributed by atoms with E-state index in [-0.39, 0.29) is 18.2 Å². The Morgan fingerprint density at radius 1 is 1.22 bits per heavy atom. The van der Waals surface area contributed by atoms with Gasteiger partial charge in [-0.25, -0.2) is 15.0 Å². The third kappa shape index (κ3) is 3.20. The highest BCUT2D eigenvalue weighted by Crippen LogP contribution is 2.42. The number of nitrogen functional groups attached to an aromatic ring is 1. The maximum atomic E-state index is 10.6. The Labute approximate surface area is 158 Å². The van der Waals surface area contributed by atoms with Crippen molar-refractivity contribution in [1.82, 2.24) is 29.7 Å². The monoisotopic (exact) mass is 383 g/mol. The predicted octanol–water partition coefficient (Wildman–Crippen LogP) is 2.34. The van der Waals surface area contributed by atoms with Crippen molar-refractivity contribution in [3.63, 3.8) is 0 Å². The van der Waals surface area contributed by atoms with Crippen molar-refractivity contribution in [2.45, 2.75) is 6.61 Å². The first-order valence-electron chi connectivity index (χ1n) is 7.87. The molecule has 10 heteroatoms. The fourth-order valence-electron chi connectivity index (χ4n) is 2.76. The molecule has 0 aliphatic carbocycles. The summed E-state index contributed by atoms with van der Waals surface area (Å²) in [6, 6.07) is 3.14. The van der Waals surface area contributed by atoms with Gasteiger partial charge < -0.3 is 15.6 Å². The van der Waals surface area contributed by atoms with Crippen molar-refractivity contribution in [2.75, 3.05) is 5.73 Å². The molecule has 0 atom stereocenters. The molecule has 27 heavy (non-hydrogen) atoms. The van der Waals surface area contributed by atoms with Gasteiger partial charge in [0.05, 0.1) is 21.5 Å². The van der Waals surface area contributed by atoms with E-state index in [9.17, 15) is 5.11 Å². The minimum atomic E-state index is -0.0475. The standard InChI is InChI=1S/C17H14ClN7O2/c1-25-8-23-13(24-25)6-27-12-3-11(26)14(9-2-10(18)5-20-4-9)16-15(12)17(19)22-7-21-16/h2-5,7-8,26H,6H2,1H3,(H2,19,21,22). The lowest BCUT2D eigenvalue weighted by molar-refractivity contribution is 0.297. The van der Waals surface area contributed by atoms with Crippen LogP contribution in [0.4, 0.5) is 5.82 Å². The highest BCUT2D eigenvalue weighted by molar-refractivity contribution is 6.30. The maximum absolute atomic E-state index is 10.6. The number of rotatable bonds is 4. The molecule has 0 saturated heterocycles. The van der Waals surface area contributed by atoms with Gasteiger partial charge in [-0.3, -0.25) is 9.67 Å². The average Bonchev–Trinajstić information content (AvgIpc) is 3.05. The van der Waals surface area contributed by atoms with E-state index in [1.807, 2.05) is 0 Å². The van der Waals surface area contributed by atoms with E-state index in [1.165, 1.54) is 18.6 Å². The van der Waals surface area contributed by atoms with Gasteiger partial charge in [0.25, 0.3) is 0 Å². The molecule has 136 valence electrons. The zero-order valence-electron chi connectivity index (χ0n) is 14.2. The fourth-order valence-corrected chi connectivity index (χ4v) is 2.93. The molecule has 3 heterocycles. The first kappa shape index (κ1) is 17.0. The number of hydrogen-bond donors (Lipinski definition) is 2. The first-order chi connectivity index (χ1) is 13.0. The van der Waals surface area contributed by atoms with Crippen LogP contribution >= 0.6 is 11.6 Å². The lowest BCUT2D eigenvalue weighted by atomic mass is 10.0. The van der Waals surface area contributed by atoms with Crippen molar-refractivity contribution in [3.8, 4) is 22.6 Å². The summed E-state index contributed by atoms with van der Waals surface area (Å²) in [6.07, 6.45) is 5.98. The number of phenolic OH excluding ortho intramolecular Hbond substituents is 1. The van der Waals surface area contributed by atoms with Gasteiger partial charge in [0.15, 0.2) is 5.82 Å². The molecule has 0 unspecified atom stereocenters. The number of fused-ring (bicyclic) bond motifs is 1. The van der Waals surface area contributed by atoms with Crippen LogP contribution in [0.1, 0.15) is 5.82 Å². The van der Waals surface area contributed by atoms with Crippen molar-refractivity contribution >= 4 is 28.3 Å². The smallest absolute Gasteiger partial charge is 0.188 e. The number of ether oxygens (including phenoxy) is 1.